The van der Waals surface area contributed by atoms with Crippen molar-refractivity contribution in [2.45, 2.75) is 45.8 Å². The quantitative estimate of drug-likeness (QED) is 0.696. The Bertz CT molecular complexity index is 539. The zero-order valence-corrected chi connectivity index (χ0v) is 13.8. The molecule has 0 aliphatic carbocycles. The second-order valence-corrected chi connectivity index (χ2v) is 6.88. The summed E-state index contributed by atoms with van der Waals surface area (Å²) in [7, 11) is 0. The summed E-state index contributed by atoms with van der Waals surface area (Å²) < 4.78 is 20.1. The topological polar surface area (TPSA) is 29.5 Å². The molecule has 5 heteroatoms. The van der Waals surface area contributed by atoms with Crippen LogP contribution in [0.5, 0.6) is 0 Å². The number of carbonyl (C=O) groups excluding carboxylic acids is 1. The number of hydrogen-bond donors (Lipinski definition) is 0. The van der Waals surface area contributed by atoms with Crippen molar-refractivity contribution in [2.75, 3.05) is 6.54 Å². The van der Waals surface area contributed by atoms with Crippen molar-refractivity contribution in [3.05, 3.63) is 33.5 Å². The highest BCUT2D eigenvalue weighted by Gasteiger charge is 2.33. The third-order valence-corrected chi connectivity index (χ3v) is 4.05. The Morgan fingerprint density at radius 3 is 2.70 bits per heavy atom. The van der Waals surface area contributed by atoms with Crippen LogP contribution in [-0.2, 0) is 11.2 Å². The first kappa shape index (κ1) is 15.3. The highest BCUT2D eigenvalue weighted by atomic mass is 79.9. The molecular formula is C15H19BrFNO2. The number of ether oxygens (including phenoxy) is 1. The van der Waals surface area contributed by atoms with Gasteiger partial charge in [0, 0.05) is 11.0 Å². The molecular weight excluding hydrogens is 325 g/mol. The summed E-state index contributed by atoms with van der Waals surface area (Å²) in [4.78, 5) is 13.9. The molecule has 0 saturated heterocycles. The first-order valence-corrected chi connectivity index (χ1v) is 7.46. The van der Waals surface area contributed by atoms with Gasteiger partial charge in [-0.1, -0.05) is 15.9 Å². The van der Waals surface area contributed by atoms with Crippen LogP contribution in [0.15, 0.2) is 16.6 Å². The number of amides is 1. The van der Waals surface area contributed by atoms with E-state index in [1.807, 2.05) is 27.7 Å². The first-order valence-electron chi connectivity index (χ1n) is 6.67. The van der Waals surface area contributed by atoms with Gasteiger partial charge in [0.1, 0.15) is 11.4 Å². The summed E-state index contributed by atoms with van der Waals surface area (Å²) in [6.07, 6.45) is 0.149. The Kier molecular flexibility index (Phi) is 4.09. The molecule has 1 aromatic carbocycles. The molecule has 1 atom stereocenters. The summed E-state index contributed by atoms with van der Waals surface area (Å²) in [6, 6.07) is 2.93. The lowest BCUT2D eigenvalue weighted by molar-refractivity contribution is 0.0157. The molecule has 20 heavy (non-hydrogen) atoms. The van der Waals surface area contributed by atoms with Gasteiger partial charge in [0.25, 0.3) is 0 Å². The van der Waals surface area contributed by atoms with Gasteiger partial charge in [0.15, 0.2) is 0 Å². The van der Waals surface area contributed by atoms with Gasteiger partial charge in [-0.25, -0.2) is 9.18 Å². The van der Waals surface area contributed by atoms with Crippen LogP contribution in [0.1, 0.15) is 44.9 Å². The second-order valence-electron chi connectivity index (χ2n) is 6.02. The van der Waals surface area contributed by atoms with Crippen molar-refractivity contribution in [3.63, 3.8) is 0 Å². The number of halogens is 2. The fraction of sp³-hybridized carbons (Fsp3) is 0.533. The normalized spacial score (nSPS) is 18.7. The lowest BCUT2D eigenvalue weighted by atomic mass is 9.93. The number of benzene rings is 1. The highest BCUT2D eigenvalue weighted by Crippen LogP contribution is 2.36. The summed E-state index contributed by atoms with van der Waals surface area (Å²) in [5.41, 5.74) is 0.991. The van der Waals surface area contributed by atoms with Crippen molar-refractivity contribution in [1.82, 2.24) is 4.90 Å². The maximum absolute atomic E-state index is 13.9. The molecule has 0 saturated carbocycles. The Hall–Kier alpha value is -1.10. The molecule has 110 valence electrons. The number of hydrogen-bond acceptors (Lipinski definition) is 2. The number of carbonyl (C=O) groups is 1. The standard InChI is InChI=1S/C15H19BrFNO2/c1-9-13-10(12(17)6-5-11(13)16)7-8-18(9)14(19)20-15(2,3)4/h5-6,9H,7-8H2,1-4H3/t9-/m0/s1. The molecule has 0 spiro atoms. The van der Waals surface area contributed by atoms with Crippen LogP contribution in [0.2, 0.25) is 0 Å². The van der Waals surface area contributed by atoms with Crippen molar-refractivity contribution < 1.29 is 13.9 Å². The van der Waals surface area contributed by atoms with E-state index in [2.05, 4.69) is 15.9 Å². The molecule has 0 unspecified atom stereocenters. The van der Waals surface area contributed by atoms with E-state index in [1.54, 1.807) is 11.0 Å². The van der Waals surface area contributed by atoms with Gasteiger partial charge >= 0.3 is 6.09 Å². The molecule has 1 heterocycles. The van der Waals surface area contributed by atoms with Crippen molar-refractivity contribution in [1.29, 1.82) is 0 Å². The third-order valence-electron chi connectivity index (χ3n) is 3.36. The molecule has 3 nitrogen and oxygen atoms in total. The predicted molar refractivity (Wildman–Crippen MR) is 79.2 cm³/mol. The predicted octanol–water partition coefficient (Wildman–Crippen LogP) is 4.44. The molecule has 0 radical (unpaired) electrons. The average molecular weight is 344 g/mol. The molecule has 0 N–H and O–H groups in total. The van der Waals surface area contributed by atoms with E-state index in [-0.39, 0.29) is 18.0 Å². The van der Waals surface area contributed by atoms with E-state index < -0.39 is 5.60 Å². The molecule has 1 aliphatic heterocycles. The van der Waals surface area contributed by atoms with Gasteiger partial charge in [-0.2, -0.15) is 0 Å². The lowest BCUT2D eigenvalue weighted by Gasteiger charge is -2.36. The lowest BCUT2D eigenvalue weighted by Crippen LogP contribution is -2.42. The molecule has 1 amide bonds. The monoisotopic (exact) mass is 343 g/mol. The van der Waals surface area contributed by atoms with E-state index in [0.29, 0.717) is 18.5 Å². The first-order chi connectivity index (χ1) is 9.20. The Balaban J connectivity index is 2.30. The van der Waals surface area contributed by atoms with Crippen LogP contribution < -0.4 is 0 Å². The average Bonchev–Trinajstić information content (AvgIpc) is 2.31. The molecule has 1 aromatic rings. The van der Waals surface area contributed by atoms with Crippen LogP contribution >= 0.6 is 15.9 Å². The van der Waals surface area contributed by atoms with E-state index in [1.165, 1.54) is 6.07 Å². The van der Waals surface area contributed by atoms with Crippen LogP contribution in [0.4, 0.5) is 9.18 Å². The molecule has 1 aliphatic rings. The Morgan fingerprint density at radius 2 is 2.10 bits per heavy atom. The van der Waals surface area contributed by atoms with E-state index in [0.717, 1.165) is 10.0 Å². The minimum absolute atomic E-state index is 0.209. The number of fused-ring (bicyclic) bond motifs is 1. The fourth-order valence-electron chi connectivity index (χ4n) is 2.47. The summed E-state index contributed by atoms with van der Waals surface area (Å²) in [5.74, 6) is -0.209. The number of nitrogens with zero attached hydrogens (tertiary/aromatic N) is 1. The Labute approximate surface area is 127 Å². The van der Waals surface area contributed by atoms with Crippen LogP contribution in [0.3, 0.4) is 0 Å². The van der Waals surface area contributed by atoms with Crippen molar-refractivity contribution in [3.8, 4) is 0 Å². The zero-order valence-electron chi connectivity index (χ0n) is 12.2. The Morgan fingerprint density at radius 1 is 1.45 bits per heavy atom. The minimum atomic E-state index is -0.531. The largest absolute Gasteiger partial charge is 0.444 e. The fourth-order valence-corrected chi connectivity index (χ4v) is 3.17. The van der Waals surface area contributed by atoms with Crippen molar-refractivity contribution in [2.24, 2.45) is 0 Å². The van der Waals surface area contributed by atoms with Gasteiger partial charge in [-0.3, -0.25) is 0 Å². The summed E-state index contributed by atoms with van der Waals surface area (Å²) in [5, 5.41) is 0. The van der Waals surface area contributed by atoms with Gasteiger partial charge in [-0.05, 0) is 57.4 Å². The van der Waals surface area contributed by atoms with Crippen LogP contribution in [0.25, 0.3) is 0 Å². The van der Waals surface area contributed by atoms with Gasteiger partial charge in [0.05, 0.1) is 6.04 Å². The molecule has 0 fully saturated rings. The number of rotatable bonds is 0. The van der Waals surface area contributed by atoms with Gasteiger partial charge in [-0.15, -0.1) is 0 Å². The smallest absolute Gasteiger partial charge is 0.410 e. The third kappa shape index (κ3) is 2.97. The van der Waals surface area contributed by atoms with E-state index in [4.69, 9.17) is 4.74 Å². The van der Waals surface area contributed by atoms with Crippen molar-refractivity contribution >= 4 is 22.0 Å². The minimum Gasteiger partial charge on any atom is -0.444 e. The SMILES string of the molecule is C[C@H]1c2c(Br)ccc(F)c2CCN1C(=O)OC(C)(C)C. The van der Waals surface area contributed by atoms with E-state index in [9.17, 15) is 9.18 Å². The summed E-state index contributed by atoms with van der Waals surface area (Å²) in [6.45, 7) is 7.87. The summed E-state index contributed by atoms with van der Waals surface area (Å²) >= 11 is 3.45. The highest BCUT2D eigenvalue weighted by molar-refractivity contribution is 9.10. The van der Waals surface area contributed by atoms with Gasteiger partial charge < -0.3 is 9.64 Å². The molecule has 0 bridgehead atoms. The molecule has 0 aromatic heterocycles. The maximum atomic E-state index is 13.9. The molecule has 2 rings (SSSR count). The van der Waals surface area contributed by atoms with Gasteiger partial charge in [0.2, 0.25) is 0 Å². The second kappa shape index (κ2) is 5.35. The van der Waals surface area contributed by atoms with E-state index >= 15 is 0 Å². The zero-order chi connectivity index (χ0) is 15.1. The van der Waals surface area contributed by atoms with Crippen LogP contribution in [0, 0.1) is 5.82 Å². The maximum Gasteiger partial charge on any atom is 0.410 e. The van der Waals surface area contributed by atoms with Crippen LogP contribution in [-0.4, -0.2) is 23.1 Å².